The zero-order valence-electron chi connectivity index (χ0n) is 18.9. The standard InChI is InChI=1S/C25H31N3O4S/c1-19-11-15-28(16-12-19)33(31,32)23-9-7-22(8-10-23)26-25(30)21-17-24(29)27(18-21)14-13-20-5-3-2-4-6-20/h2-10,19,21H,11-18H2,1H3,(H,26,30). The molecule has 2 aliphatic rings. The molecule has 0 aliphatic carbocycles. The van der Waals surface area contributed by atoms with Gasteiger partial charge in [0, 0.05) is 38.3 Å². The van der Waals surface area contributed by atoms with Gasteiger partial charge in [0.05, 0.1) is 10.8 Å². The number of likely N-dealkylation sites (tertiary alicyclic amines) is 1. The topological polar surface area (TPSA) is 86.8 Å². The average molecular weight is 470 g/mol. The van der Waals surface area contributed by atoms with Gasteiger partial charge in [0.2, 0.25) is 21.8 Å². The lowest BCUT2D eigenvalue weighted by Crippen LogP contribution is -2.37. The van der Waals surface area contributed by atoms with Crippen LogP contribution < -0.4 is 5.32 Å². The Morgan fingerprint density at radius 3 is 2.36 bits per heavy atom. The van der Waals surface area contributed by atoms with Gasteiger partial charge in [-0.2, -0.15) is 4.31 Å². The number of nitrogens with zero attached hydrogens (tertiary/aromatic N) is 2. The molecule has 0 aromatic heterocycles. The van der Waals surface area contributed by atoms with E-state index in [1.807, 2.05) is 30.3 Å². The molecule has 0 radical (unpaired) electrons. The summed E-state index contributed by atoms with van der Waals surface area (Å²) in [6, 6.07) is 16.3. The molecule has 33 heavy (non-hydrogen) atoms. The lowest BCUT2D eigenvalue weighted by molar-refractivity contribution is -0.128. The van der Waals surface area contributed by atoms with Crippen LogP contribution in [0.5, 0.6) is 0 Å². The molecule has 0 spiro atoms. The maximum Gasteiger partial charge on any atom is 0.243 e. The van der Waals surface area contributed by atoms with Crippen molar-refractivity contribution in [1.82, 2.24) is 9.21 Å². The number of benzene rings is 2. The monoisotopic (exact) mass is 469 g/mol. The van der Waals surface area contributed by atoms with Gasteiger partial charge >= 0.3 is 0 Å². The fourth-order valence-corrected chi connectivity index (χ4v) is 5.87. The van der Waals surface area contributed by atoms with E-state index in [2.05, 4.69) is 12.2 Å². The van der Waals surface area contributed by atoms with Gasteiger partial charge in [0.1, 0.15) is 0 Å². The fraction of sp³-hybridized carbons (Fsp3) is 0.440. The van der Waals surface area contributed by atoms with E-state index in [1.54, 1.807) is 17.0 Å². The predicted octanol–water partition coefficient (Wildman–Crippen LogP) is 3.14. The zero-order valence-corrected chi connectivity index (χ0v) is 19.8. The Morgan fingerprint density at radius 1 is 1.03 bits per heavy atom. The molecule has 8 heteroatoms. The summed E-state index contributed by atoms with van der Waals surface area (Å²) in [6.07, 6.45) is 2.69. The van der Waals surface area contributed by atoms with Crippen LogP contribution in [-0.4, -0.2) is 55.6 Å². The molecule has 0 saturated carbocycles. The number of hydrogen-bond donors (Lipinski definition) is 1. The van der Waals surface area contributed by atoms with Crippen LogP contribution in [0.3, 0.4) is 0 Å². The molecular formula is C25H31N3O4S. The Hall–Kier alpha value is -2.71. The summed E-state index contributed by atoms with van der Waals surface area (Å²) in [7, 11) is -3.52. The molecule has 2 aliphatic heterocycles. The van der Waals surface area contributed by atoms with Crippen LogP contribution in [-0.2, 0) is 26.0 Å². The molecule has 176 valence electrons. The maximum absolute atomic E-state index is 12.9. The molecule has 2 fully saturated rings. The van der Waals surface area contributed by atoms with E-state index in [4.69, 9.17) is 0 Å². The van der Waals surface area contributed by atoms with E-state index in [0.717, 1.165) is 24.8 Å². The second-order valence-electron chi connectivity index (χ2n) is 9.08. The second kappa shape index (κ2) is 10.1. The number of amides is 2. The van der Waals surface area contributed by atoms with Crippen molar-refractivity contribution in [2.75, 3.05) is 31.5 Å². The number of nitrogens with one attached hydrogen (secondary N) is 1. The summed E-state index contributed by atoms with van der Waals surface area (Å²) < 4.78 is 27.3. The van der Waals surface area contributed by atoms with Crippen molar-refractivity contribution >= 4 is 27.5 Å². The first-order chi connectivity index (χ1) is 15.8. The van der Waals surface area contributed by atoms with Gasteiger partial charge in [-0.15, -0.1) is 0 Å². The highest BCUT2D eigenvalue weighted by Crippen LogP contribution is 2.25. The van der Waals surface area contributed by atoms with Crippen molar-refractivity contribution in [3.05, 3.63) is 60.2 Å². The Labute approximate surface area is 195 Å². The Kier molecular flexibility index (Phi) is 7.14. The van der Waals surface area contributed by atoms with Gasteiger partial charge in [-0.05, 0) is 55.0 Å². The van der Waals surface area contributed by atoms with Crippen molar-refractivity contribution in [2.24, 2.45) is 11.8 Å². The van der Waals surface area contributed by atoms with Crippen LogP contribution in [0.15, 0.2) is 59.5 Å². The number of piperidine rings is 1. The molecule has 2 heterocycles. The van der Waals surface area contributed by atoms with Crippen LogP contribution in [0.1, 0.15) is 31.7 Å². The second-order valence-corrected chi connectivity index (χ2v) is 11.0. The lowest BCUT2D eigenvalue weighted by atomic mass is 10.0. The summed E-state index contributed by atoms with van der Waals surface area (Å²) in [5.41, 5.74) is 1.69. The molecule has 7 nitrogen and oxygen atoms in total. The van der Waals surface area contributed by atoms with Gasteiger partial charge in [0.15, 0.2) is 0 Å². The highest BCUT2D eigenvalue weighted by atomic mass is 32.2. The molecule has 2 saturated heterocycles. The lowest BCUT2D eigenvalue weighted by Gasteiger charge is -2.29. The van der Waals surface area contributed by atoms with Crippen molar-refractivity contribution in [3.8, 4) is 0 Å². The van der Waals surface area contributed by atoms with Crippen LogP contribution in [0.2, 0.25) is 0 Å². The largest absolute Gasteiger partial charge is 0.342 e. The highest BCUT2D eigenvalue weighted by Gasteiger charge is 2.34. The normalized spacial score (nSPS) is 20.2. The molecular weight excluding hydrogens is 438 g/mol. The van der Waals surface area contributed by atoms with Crippen LogP contribution in [0.25, 0.3) is 0 Å². The molecule has 2 amide bonds. The van der Waals surface area contributed by atoms with E-state index in [9.17, 15) is 18.0 Å². The average Bonchev–Trinajstić information content (AvgIpc) is 3.20. The Bertz CT molecular complexity index is 1080. The van der Waals surface area contributed by atoms with Crippen LogP contribution in [0.4, 0.5) is 5.69 Å². The Balaban J connectivity index is 1.32. The summed E-state index contributed by atoms with van der Waals surface area (Å²) in [5.74, 6) is -0.0904. The SMILES string of the molecule is CC1CCN(S(=O)(=O)c2ccc(NC(=O)C3CC(=O)N(CCc4ccccc4)C3)cc2)CC1. The fourth-order valence-electron chi connectivity index (χ4n) is 4.40. The van der Waals surface area contributed by atoms with Gasteiger partial charge in [-0.25, -0.2) is 8.42 Å². The number of carbonyl (C=O) groups is 2. The summed E-state index contributed by atoms with van der Waals surface area (Å²) in [4.78, 5) is 27.1. The number of carbonyl (C=O) groups excluding carboxylic acids is 2. The van der Waals surface area contributed by atoms with E-state index < -0.39 is 15.9 Å². The van der Waals surface area contributed by atoms with E-state index >= 15 is 0 Å². The van der Waals surface area contributed by atoms with E-state index in [0.29, 0.717) is 37.8 Å². The number of anilines is 1. The summed E-state index contributed by atoms with van der Waals surface area (Å²) >= 11 is 0. The minimum Gasteiger partial charge on any atom is -0.342 e. The molecule has 1 atom stereocenters. The third-order valence-corrected chi connectivity index (χ3v) is 8.51. The molecule has 4 rings (SSSR count). The number of sulfonamides is 1. The third kappa shape index (κ3) is 5.62. The molecule has 2 aromatic carbocycles. The van der Waals surface area contributed by atoms with E-state index in [1.165, 1.54) is 16.4 Å². The molecule has 2 aromatic rings. The predicted molar refractivity (Wildman–Crippen MR) is 127 cm³/mol. The van der Waals surface area contributed by atoms with Crippen molar-refractivity contribution in [2.45, 2.75) is 37.5 Å². The first-order valence-corrected chi connectivity index (χ1v) is 13.0. The smallest absolute Gasteiger partial charge is 0.243 e. The molecule has 0 bridgehead atoms. The van der Waals surface area contributed by atoms with Crippen molar-refractivity contribution in [1.29, 1.82) is 0 Å². The molecule has 1 N–H and O–H groups in total. The quantitative estimate of drug-likeness (QED) is 0.675. The number of rotatable bonds is 7. The van der Waals surface area contributed by atoms with Gasteiger partial charge in [0.25, 0.3) is 0 Å². The van der Waals surface area contributed by atoms with Gasteiger partial charge in [-0.3, -0.25) is 9.59 Å². The highest BCUT2D eigenvalue weighted by molar-refractivity contribution is 7.89. The number of hydrogen-bond acceptors (Lipinski definition) is 4. The third-order valence-electron chi connectivity index (χ3n) is 6.60. The summed E-state index contributed by atoms with van der Waals surface area (Å²) in [5, 5.41) is 2.84. The van der Waals surface area contributed by atoms with Crippen LogP contribution >= 0.6 is 0 Å². The van der Waals surface area contributed by atoms with Gasteiger partial charge in [-0.1, -0.05) is 37.3 Å². The Morgan fingerprint density at radius 2 is 1.70 bits per heavy atom. The van der Waals surface area contributed by atoms with Gasteiger partial charge < -0.3 is 10.2 Å². The minimum absolute atomic E-state index is 0.0108. The molecule has 1 unspecified atom stereocenters. The summed E-state index contributed by atoms with van der Waals surface area (Å²) in [6.45, 7) is 4.21. The van der Waals surface area contributed by atoms with Crippen molar-refractivity contribution < 1.29 is 18.0 Å². The zero-order chi connectivity index (χ0) is 23.4. The van der Waals surface area contributed by atoms with Crippen molar-refractivity contribution in [3.63, 3.8) is 0 Å². The van der Waals surface area contributed by atoms with E-state index in [-0.39, 0.29) is 23.1 Å². The first-order valence-electron chi connectivity index (χ1n) is 11.6. The maximum atomic E-state index is 12.9. The van der Waals surface area contributed by atoms with Crippen LogP contribution in [0, 0.1) is 11.8 Å². The first kappa shape index (κ1) is 23.4. The minimum atomic E-state index is -3.52.